The van der Waals surface area contributed by atoms with Crippen molar-refractivity contribution in [3.8, 4) is 0 Å². The second kappa shape index (κ2) is 8.55. The number of nitrogens with zero attached hydrogens (tertiary/aromatic N) is 2. The van der Waals surface area contributed by atoms with Gasteiger partial charge in [0.05, 0.1) is 5.56 Å². The van der Waals surface area contributed by atoms with Crippen LogP contribution in [0.15, 0.2) is 24.3 Å². The molecule has 5 nitrogen and oxygen atoms in total. The first kappa shape index (κ1) is 20.3. The zero-order valence-electron chi connectivity index (χ0n) is 14.1. The smallest absolute Gasteiger partial charge is 0.375 e. The maximum absolute atomic E-state index is 12.8. The summed E-state index contributed by atoms with van der Waals surface area (Å²) >= 11 is 5.90. The van der Waals surface area contributed by atoms with Crippen LogP contribution >= 0.6 is 11.6 Å². The lowest BCUT2D eigenvalue weighted by Crippen LogP contribution is -2.51. The molecule has 1 aliphatic rings. The molecule has 0 radical (unpaired) electrons. The number of hydrogen-bond donors (Lipinski definition) is 0. The summed E-state index contributed by atoms with van der Waals surface area (Å²) in [5.41, 5.74) is -0.719. The number of hydrogen-bond acceptors (Lipinski definition) is 3. The fourth-order valence-corrected chi connectivity index (χ4v) is 2.69. The van der Waals surface area contributed by atoms with Gasteiger partial charge < -0.3 is 14.5 Å². The van der Waals surface area contributed by atoms with Crippen LogP contribution in [0.1, 0.15) is 11.1 Å². The summed E-state index contributed by atoms with van der Waals surface area (Å²) in [6, 6.07) is 2.93. The van der Waals surface area contributed by atoms with E-state index in [0.717, 1.165) is 18.2 Å². The monoisotopic (exact) mass is 390 g/mol. The molecule has 2 amide bonds. The minimum Gasteiger partial charge on any atom is -0.375 e. The normalized spacial score (nSPS) is 15.6. The van der Waals surface area contributed by atoms with Gasteiger partial charge in [0.25, 0.3) is 0 Å². The largest absolute Gasteiger partial charge is 0.416 e. The van der Waals surface area contributed by atoms with Crippen LogP contribution in [0.4, 0.5) is 13.2 Å². The van der Waals surface area contributed by atoms with Crippen LogP contribution in [0.2, 0.25) is 5.02 Å². The van der Waals surface area contributed by atoms with E-state index in [9.17, 15) is 22.8 Å². The standard InChI is InChI=1S/C17H18ClF3N2O3/c1-26-11-16(25)23-8-6-22(7-9-23)15(24)5-2-12-10-13(17(19,20)21)3-4-14(12)18/h2-5,10H,6-9,11H2,1H3/b5-2+. The molecule has 1 aliphatic heterocycles. The third-order valence-corrected chi connectivity index (χ3v) is 4.28. The fourth-order valence-electron chi connectivity index (χ4n) is 2.51. The summed E-state index contributed by atoms with van der Waals surface area (Å²) in [6.07, 6.45) is -2.03. The van der Waals surface area contributed by atoms with Crippen molar-refractivity contribution in [3.63, 3.8) is 0 Å². The number of methoxy groups -OCH3 is 1. The zero-order chi connectivity index (χ0) is 19.3. The van der Waals surface area contributed by atoms with Gasteiger partial charge in [-0.3, -0.25) is 9.59 Å². The quantitative estimate of drug-likeness (QED) is 0.743. The minimum absolute atomic E-state index is 0.0120. The second-order valence-corrected chi connectivity index (χ2v) is 6.11. The van der Waals surface area contributed by atoms with E-state index in [0.29, 0.717) is 26.2 Å². The summed E-state index contributed by atoms with van der Waals surface area (Å²) in [5.74, 6) is -0.497. The molecule has 0 aromatic heterocycles. The summed E-state index contributed by atoms with van der Waals surface area (Å²) in [7, 11) is 1.43. The first-order valence-corrected chi connectivity index (χ1v) is 8.20. The van der Waals surface area contributed by atoms with Crippen molar-refractivity contribution in [2.24, 2.45) is 0 Å². The van der Waals surface area contributed by atoms with Gasteiger partial charge in [-0.25, -0.2) is 0 Å². The summed E-state index contributed by atoms with van der Waals surface area (Å²) < 4.78 is 43.1. The summed E-state index contributed by atoms with van der Waals surface area (Å²) in [6.45, 7) is 1.43. The van der Waals surface area contributed by atoms with Crippen LogP contribution in [0, 0.1) is 0 Å². The molecular formula is C17H18ClF3N2O3. The Morgan fingerprint density at radius 2 is 1.81 bits per heavy atom. The van der Waals surface area contributed by atoms with Crippen LogP contribution < -0.4 is 0 Å². The SMILES string of the molecule is COCC(=O)N1CCN(C(=O)/C=C/c2cc(C(F)(F)F)ccc2Cl)CC1. The van der Waals surface area contributed by atoms with Crippen LogP contribution in [-0.4, -0.2) is 61.5 Å². The molecule has 1 fully saturated rings. The van der Waals surface area contributed by atoms with E-state index in [-0.39, 0.29) is 29.0 Å². The molecule has 1 aromatic carbocycles. The van der Waals surface area contributed by atoms with Gasteiger partial charge in [0.1, 0.15) is 6.61 Å². The van der Waals surface area contributed by atoms with E-state index in [1.54, 1.807) is 4.90 Å². The third kappa shape index (κ3) is 5.22. The molecule has 9 heteroatoms. The average Bonchev–Trinajstić information content (AvgIpc) is 2.60. The van der Waals surface area contributed by atoms with E-state index in [2.05, 4.69) is 0 Å². The highest BCUT2D eigenvalue weighted by Gasteiger charge is 2.30. The number of carbonyl (C=O) groups is 2. The van der Waals surface area contributed by atoms with Gasteiger partial charge in [-0.2, -0.15) is 13.2 Å². The molecular weight excluding hydrogens is 373 g/mol. The van der Waals surface area contributed by atoms with Gasteiger partial charge >= 0.3 is 6.18 Å². The molecule has 2 rings (SSSR count). The zero-order valence-corrected chi connectivity index (χ0v) is 14.8. The lowest BCUT2D eigenvalue weighted by Gasteiger charge is -2.34. The topological polar surface area (TPSA) is 49.9 Å². The Kier molecular flexibility index (Phi) is 6.66. The van der Waals surface area contributed by atoms with Gasteiger partial charge in [0, 0.05) is 44.4 Å². The number of rotatable bonds is 4. The van der Waals surface area contributed by atoms with Gasteiger partial charge in [0.2, 0.25) is 11.8 Å². The van der Waals surface area contributed by atoms with E-state index >= 15 is 0 Å². The number of amides is 2. The van der Waals surface area contributed by atoms with Crippen molar-refractivity contribution in [3.05, 3.63) is 40.4 Å². The van der Waals surface area contributed by atoms with Crippen molar-refractivity contribution in [2.75, 3.05) is 39.9 Å². The average molecular weight is 391 g/mol. The lowest BCUT2D eigenvalue weighted by atomic mass is 10.1. The van der Waals surface area contributed by atoms with Crippen LogP contribution in [0.25, 0.3) is 6.08 Å². The molecule has 0 spiro atoms. The fraction of sp³-hybridized carbons (Fsp3) is 0.412. The second-order valence-electron chi connectivity index (χ2n) is 5.71. The van der Waals surface area contributed by atoms with Crippen LogP contribution in [0.5, 0.6) is 0 Å². The number of benzene rings is 1. The Bertz CT molecular complexity index is 699. The first-order chi connectivity index (χ1) is 12.2. The van der Waals surface area contributed by atoms with Gasteiger partial charge in [-0.1, -0.05) is 11.6 Å². The highest BCUT2D eigenvalue weighted by Crippen LogP contribution is 2.32. The minimum atomic E-state index is -4.48. The van der Waals surface area contributed by atoms with Crippen molar-refractivity contribution >= 4 is 29.5 Å². The maximum Gasteiger partial charge on any atom is 0.416 e. The number of halogens is 4. The highest BCUT2D eigenvalue weighted by molar-refractivity contribution is 6.32. The van der Waals surface area contributed by atoms with Crippen molar-refractivity contribution in [2.45, 2.75) is 6.18 Å². The molecule has 1 heterocycles. The maximum atomic E-state index is 12.8. The molecule has 0 aliphatic carbocycles. The Balaban J connectivity index is 1.99. The number of ether oxygens (including phenoxy) is 1. The predicted molar refractivity (Wildman–Crippen MR) is 90.5 cm³/mol. The molecule has 142 valence electrons. The van der Waals surface area contributed by atoms with Crippen LogP contribution in [0.3, 0.4) is 0 Å². The van der Waals surface area contributed by atoms with Crippen molar-refractivity contribution in [1.29, 1.82) is 0 Å². The lowest BCUT2D eigenvalue weighted by molar-refractivity contribution is -0.140. The van der Waals surface area contributed by atoms with E-state index < -0.39 is 11.7 Å². The Labute approximate surface area is 154 Å². The molecule has 0 N–H and O–H groups in total. The van der Waals surface area contributed by atoms with Crippen molar-refractivity contribution in [1.82, 2.24) is 9.80 Å². The highest BCUT2D eigenvalue weighted by atomic mass is 35.5. The number of alkyl halides is 3. The molecule has 1 aromatic rings. The molecule has 26 heavy (non-hydrogen) atoms. The van der Waals surface area contributed by atoms with Gasteiger partial charge in [-0.15, -0.1) is 0 Å². The van der Waals surface area contributed by atoms with Crippen LogP contribution in [-0.2, 0) is 20.5 Å². The van der Waals surface area contributed by atoms with Crippen molar-refractivity contribution < 1.29 is 27.5 Å². The van der Waals surface area contributed by atoms with E-state index in [4.69, 9.17) is 16.3 Å². The Morgan fingerprint density at radius 1 is 1.19 bits per heavy atom. The van der Waals surface area contributed by atoms with E-state index in [1.165, 1.54) is 24.2 Å². The third-order valence-electron chi connectivity index (χ3n) is 3.94. The van der Waals surface area contributed by atoms with E-state index in [1.807, 2.05) is 0 Å². The summed E-state index contributed by atoms with van der Waals surface area (Å²) in [4.78, 5) is 27.0. The Hall–Kier alpha value is -2.06. The molecule has 0 unspecified atom stereocenters. The first-order valence-electron chi connectivity index (χ1n) is 7.83. The number of piperazine rings is 1. The molecule has 1 saturated heterocycles. The van der Waals surface area contributed by atoms with Gasteiger partial charge in [-0.05, 0) is 29.8 Å². The van der Waals surface area contributed by atoms with Gasteiger partial charge in [0.15, 0.2) is 0 Å². The Morgan fingerprint density at radius 3 is 2.38 bits per heavy atom. The molecule has 0 saturated carbocycles. The predicted octanol–water partition coefficient (Wildman–Crippen LogP) is 2.69. The molecule has 0 bridgehead atoms. The number of carbonyl (C=O) groups excluding carboxylic acids is 2. The molecule has 0 atom stereocenters. The summed E-state index contributed by atoms with van der Waals surface area (Å²) in [5, 5.41) is 0.122.